The molecule has 0 radical (unpaired) electrons. The summed E-state index contributed by atoms with van der Waals surface area (Å²) in [5.41, 5.74) is 7.37. The van der Waals surface area contributed by atoms with Crippen molar-refractivity contribution in [1.29, 1.82) is 0 Å². The van der Waals surface area contributed by atoms with Crippen molar-refractivity contribution in [2.75, 3.05) is 17.2 Å². The maximum Gasteiger partial charge on any atom is 0.262 e. The molecule has 1 saturated carbocycles. The minimum atomic E-state index is -2.71. The molecule has 3 heterocycles. The maximum atomic E-state index is 14.0. The fraction of sp³-hybridized carbons (Fsp3) is 0.353. The molecule has 0 bridgehead atoms. The molecule has 13 heteroatoms. The highest BCUT2D eigenvalue weighted by Crippen LogP contribution is 2.47. The Hall–Kier alpha value is -4.47. The van der Waals surface area contributed by atoms with Crippen LogP contribution in [0.5, 0.6) is 0 Å². The fourth-order valence-electron chi connectivity index (χ4n) is 5.78. The highest BCUT2D eigenvalue weighted by atomic mass is 35.5. The summed E-state index contributed by atoms with van der Waals surface area (Å²) in [5.74, 6) is 2.69. The van der Waals surface area contributed by atoms with Crippen molar-refractivity contribution in [2.24, 2.45) is 5.41 Å². The Kier molecular flexibility index (Phi) is 8.48. The summed E-state index contributed by atoms with van der Waals surface area (Å²) in [6.45, 7) is 6.15. The first kappa shape index (κ1) is 32.5. The summed E-state index contributed by atoms with van der Waals surface area (Å²) >= 11 is 6.79. The number of benzene rings is 2. The Morgan fingerprint density at radius 1 is 1.13 bits per heavy atom. The van der Waals surface area contributed by atoms with Gasteiger partial charge in [0.05, 0.1) is 40.1 Å². The average molecular weight is 668 g/mol. The Bertz CT molecular complexity index is 1980. The molecule has 2 aromatic carbocycles. The molecule has 1 aliphatic heterocycles. The molecule has 0 spiro atoms. The van der Waals surface area contributed by atoms with Gasteiger partial charge in [-0.1, -0.05) is 50.4 Å². The number of nitrogens with zero attached hydrogens (tertiary/aromatic N) is 3. The Balaban J connectivity index is 1.49. The molecular weight excluding hydrogens is 634 g/mol. The number of halogens is 5. The number of hydrazine groups is 2. The van der Waals surface area contributed by atoms with Gasteiger partial charge in [0.15, 0.2) is 0 Å². The van der Waals surface area contributed by atoms with Gasteiger partial charge in [-0.25, -0.2) is 17.6 Å². The lowest BCUT2D eigenvalue weighted by Gasteiger charge is -2.25. The van der Waals surface area contributed by atoms with Gasteiger partial charge in [0, 0.05) is 41.6 Å². The molecule has 4 aromatic rings. The van der Waals surface area contributed by atoms with Crippen molar-refractivity contribution in [1.82, 2.24) is 25.5 Å². The molecule has 0 unspecified atom stereocenters. The second-order valence-electron chi connectivity index (χ2n) is 13.1. The van der Waals surface area contributed by atoms with E-state index in [0.717, 1.165) is 4.57 Å². The second kappa shape index (κ2) is 12.3. The van der Waals surface area contributed by atoms with Gasteiger partial charge >= 0.3 is 0 Å². The molecule has 8 nitrogen and oxygen atoms in total. The van der Waals surface area contributed by atoms with Gasteiger partial charge in [0.2, 0.25) is 0 Å². The van der Waals surface area contributed by atoms with E-state index in [-0.39, 0.29) is 10.8 Å². The van der Waals surface area contributed by atoms with E-state index in [4.69, 9.17) is 18.0 Å². The van der Waals surface area contributed by atoms with Gasteiger partial charge in [-0.15, -0.1) is 12.0 Å². The Labute approximate surface area is 274 Å². The molecule has 6 rings (SSSR count). The van der Waals surface area contributed by atoms with Crippen LogP contribution in [0.1, 0.15) is 50.8 Å². The molecule has 0 amide bonds. The number of pyridine rings is 2. The van der Waals surface area contributed by atoms with E-state index in [1.165, 1.54) is 11.2 Å². The third-order valence-electron chi connectivity index (χ3n) is 8.43. The SMILES string of the molecule is C#Cc1cnc2c(Cl)cc(N[C@H](C3=CN(C4(C(F)F)CC4)NN3)c3cccc4c(=O)n(CC(F)F)ccc34)cc2c1NCC(C)(C)C. The Morgan fingerprint density at radius 2 is 1.89 bits per heavy atom. The van der Waals surface area contributed by atoms with Gasteiger partial charge in [0.25, 0.3) is 18.4 Å². The van der Waals surface area contributed by atoms with Gasteiger partial charge in [-0.2, -0.15) is 0 Å². The number of aromatic nitrogens is 2. The third kappa shape index (κ3) is 6.30. The quantitative estimate of drug-likeness (QED) is 0.107. The van der Waals surface area contributed by atoms with Crippen molar-refractivity contribution >= 4 is 44.7 Å². The summed E-state index contributed by atoms with van der Waals surface area (Å²) in [4.78, 5) is 17.7. The van der Waals surface area contributed by atoms with Gasteiger partial charge in [-0.05, 0) is 53.5 Å². The second-order valence-corrected chi connectivity index (χ2v) is 13.5. The molecule has 246 valence electrons. The lowest BCUT2D eigenvalue weighted by molar-refractivity contribution is 0.00911. The van der Waals surface area contributed by atoms with Crippen molar-refractivity contribution in [3.05, 3.63) is 87.2 Å². The highest BCUT2D eigenvalue weighted by Gasteiger charge is 2.56. The van der Waals surface area contributed by atoms with Gasteiger partial charge < -0.3 is 20.6 Å². The number of fused-ring (bicyclic) bond motifs is 2. The van der Waals surface area contributed by atoms with E-state index in [1.54, 1.807) is 42.7 Å². The standard InChI is InChI=1S/C34H34ClF4N7O/c1-5-19-15-40-29-24(28(19)41-18-33(2,3)4)13-20(14-25(29)35)42-30(26-16-46(44-43-26)34(10-11-34)32(38)39)22-7-6-8-23-21(22)9-12-45(31(23)47)17-27(36)37/h1,6-9,12-16,27,30,32,42-44H,10-11,17-18H2,2-4H3,(H,40,41)/t30-/m0/s1. The number of terminal acetylenes is 1. The zero-order valence-electron chi connectivity index (χ0n) is 26.0. The topological polar surface area (TPSA) is 86.2 Å². The minimum Gasteiger partial charge on any atom is -0.383 e. The molecule has 1 atom stereocenters. The molecule has 1 fully saturated rings. The highest BCUT2D eigenvalue weighted by molar-refractivity contribution is 6.35. The summed E-state index contributed by atoms with van der Waals surface area (Å²) in [6.07, 6.45) is 5.70. The predicted molar refractivity (Wildman–Crippen MR) is 177 cm³/mol. The van der Waals surface area contributed by atoms with E-state index in [1.807, 2.05) is 6.07 Å². The van der Waals surface area contributed by atoms with Crippen LogP contribution in [0, 0.1) is 17.8 Å². The van der Waals surface area contributed by atoms with Crippen LogP contribution in [-0.2, 0) is 6.54 Å². The first-order valence-corrected chi connectivity index (χ1v) is 15.5. The third-order valence-corrected chi connectivity index (χ3v) is 8.72. The zero-order valence-corrected chi connectivity index (χ0v) is 26.7. The van der Waals surface area contributed by atoms with E-state index < -0.39 is 36.5 Å². The zero-order chi connectivity index (χ0) is 33.7. The van der Waals surface area contributed by atoms with E-state index >= 15 is 0 Å². The molecule has 4 N–H and O–H groups in total. The monoisotopic (exact) mass is 667 g/mol. The summed E-state index contributed by atoms with van der Waals surface area (Å²) in [6, 6.07) is 9.46. The number of hydrogen-bond donors (Lipinski definition) is 4. The molecule has 2 aliphatic rings. The van der Waals surface area contributed by atoms with Gasteiger partial charge in [-0.3, -0.25) is 14.8 Å². The van der Waals surface area contributed by atoms with Crippen LogP contribution in [0.2, 0.25) is 5.02 Å². The van der Waals surface area contributed by atoms with Crippen molar-refractivity contribution in [2.45, 2.75) is 64.6 Å². The molecule has 2 aromatic heterocycles. The fourth-order valence-corrected chi connectivity index (χ4v) is 6.05. The van der Waals surface area contributed by atoms with Crippen LogP contribution in [0.4, 0.5) is 28.9 Å². The Morgan fingerprint density at radius 3 is 2.55 bits per heavy atom. The average Bonchev–Trinajstić information content (AvgIpc) is 3.69. The van der Waals surface area contributed by atoms with Crippen LogP contribution in [0.3, 0.4) is 0 Å². The van der Waals surface area contributed by atoms with Crippen molar-refractivity contribution in [3.63, 3.8) is 0 Å². The minimum absolute atomic E-state index is 0.0644. The van der Waals surface area contributed by atoms with Crippen LogP contribution in [0.25, 0.3) is 21.7 Å². The normalized spacial score (nSPS) is 16.4. The number of anilines is 2. The van der Waals surface area contributed by atoms with Crippen molar-refractivity contribution < 1.29 is 17.6 Å². The molecule has 1 aliphatic carbocycles. The predicted octanol–water partition coefficient (Wildman–Crippen LogP) is 7.02. The lowest BCUT2D eigenvalue weighted by Crippen LogP contribution is -2.48. The smallest absolute Gasteiger partial charge is 0.262 e. The van der Waals surface area contributed by atoms with Crippen LogP contribution in [0.15, 0.2) is 65.5 Å². The number of nitrogens with one attached hydrogen (secondary N) is 4. The molecular formula is C34H34ClF4N7O. The molecule has 47 heavy (non-hydrogen) atoms. The van der Waals surface area contributed by atoms with E-state index in [9.17, 15) is 22.4 Å². The van der Waals surface area contributed by atoms with Crippen LogP contribution >= 0.6 is 11.6 Å². The number of alkyl halides is 4. The summed E-state index contributed by atoms with van der Waals surface area (Å²) < 4.78 is 55.5. The number of rotatable bonds is 10. The first-order valence-electron chi connectivity index (χ1n) is 15.1. The summed E-state index contributed by atoms with van der Waals surface area (Å²) in [7, 11) is 0. The lowest BCUT2D eigenvalue weighted by atomic mass is 9.96. The van der Waals surface area contributed by atoms with E-state index in [2.05, 4.69) is 53.3 Å². The van der Waals surface area contributed by atoms with Crippen molar-refractivity contribution in [3.8, 4) is 12.3 Å². The largest absolute Gasteiger partial charge is 0.383 e. The van der Waals surface area contributed by atoms with Gasteiger partial charge in [0.1, 0.15) is 5.54 Å². The van der Waals surface area contributed by atoms with Crippen LogP contribution < -0.4 is 27.2 Å². The maximum absolute atomic E-state index is 14.0. The van der Waals surface area contributed by atoms with Crippen LogP contribution in [-0.4, -0.2) is 39.5 Å². The van der Waals surface area contributed by atoms with E-state index in [0.29, 0.717) is 68.9 Å². The molecule has 0 saturated heterocycles. The number of hydrogen-bond acceptors (Lipinski definition) is 7. The first-order chi connectivity index (χ1) is 22.3. The summed E-state index contributed by atoms with van der Waals surface area (Å²) in [5, 5.41) is 10.1.